The fraction of sp³-hybridized carbons (Fsp3) is 0.350. The van der Waals surface area contributed by atoms with Crippen LogP contribution in [0.4, 0.5) is 0 Å². The van der Waals surface area contributed by atoms with Gasteiger partial charge in [0.1, 0.15) is 6.61 Å². The Morgan fingerprint density at radius 3 is 2.44 bits per heavy atom. The van der Waals surface area contributed by atoms with Crippen LogP contribution in [0.2, 0.25) is 0 Å². The first-order valence-corrected chi connectivity index (χ1v) is 8.59. The number of benzene rings is 2. The van der Waals surface area contributed by atoms with Crippen molar-refractivity contribution in [3.63, 3.8) is 0 Å². The fourth-order valence-corrected chi connectivity index (χ4v) is 2.84. The molecule has 2 aromatic carbocycles. The normalized spacial score (nSPS) is 16.4. The van der Waals surface area contributed by atoms with E-state index < -0.39 is 0 Å². The van der Waals surface area contributed by atoms with E-state index in [1.54, 1.807) is 4.90 Å². The van der Waals surface area contributed by atoms with Gasteiger partial charge in [-0.05, 0) is 30.7 Å². The van der Waals surface area contributed by atoms with Crippen LogP contribution >= 0.6 is 0 Å². The number of amides is 1. The van der Waals surface area contributed by atoms with Crippen LogP contribution in [0.5, 0.6) is 11.5 Å². The summed E-state index contributed by atoms with van der Waals surface area (Å²) in [5.74, 6) is 1.21. The van der Waals surface area contributed by atoms with Crippen molar-refractivity contribution in [2.75, 3.05) is 26.7 Å². The third-order valence-corrected chi connectivity index (χ3v) is 4.41. The molecule has 1 N–H and O–H groups in total. The highest BCUT2D eigenvalue weighted by atomic mass is 16.5. The Morgan fingerprint density at radius 2 is 1.76 bits per heavy atom. The van der Waals surface area contributed by atoms with Crippen LogP contribution in [0.15, 0.2) is 54.6 Å². The van der Waals surface area contributed by atoms with E-state index in [4.69, 9.17) is 9.47 Å². The van der Waals surface area contributed by atoms with Gasteiger partial charge in [-0.15, -0.1) is 0 Å². The fourth-order valence-electron chi connectivity index (χ4n) is 2.84. The van der Waals surface area contributed by atoms with E-state index in [9.17, 15) is 4.79 Å². The molecule has 1 heterocycles. The topological polar surface area (TPSA) is 50.8 Å². The van der Waals surface area contributed by atoms with Crippen LogP contribution < -0.4 is 14.8 Å². The van der Waals surface area contributed by atoms with Crippen molar-refractivity contribution >= 4 is 5.91 Å². The summed E-state index contributed by atoms with van der Waals surface area (Å²) in [6, 6.07) is 17.7. The Morgan fingerprint density at radius 1 is 1.08 bits per heavy atom. The van der Waals surface area contributed by atoms with E-state index >= 15 is 0 Å². The standard InChI is InChI=1S/C20H24N2O3/c1-22(17-11-12-21-13-17)20(23)15-25-19-10-6-5-9-18(19)24-14-16-7-3-2-4-8-16/h2-10,17,21H,11-15H2,1H3. The predicted molar refractivity (Wildman–Crippen MR) is 96.8 cm³/mol. The molecule has 0 saturated carbocycles. The Labute approximate surface area is 148 Å². The molecule has 1 fully saturated rings. The van der Waals surface area contributed by atoms with Crippen molar-refractivity contribution in [1.82, 2.24) is 10.2 Å². The molecule has 1 atom stereocenters. The van der Waals surface area contributed by atoms with Gasteiger partial charge in [0.25, 0.3) is 5.91 Å². The van der Waals surface area contributed by atoms with Crippen LogP contribution in [0.25, 0.3) is 0 Å². The number of likely N-dealkylation sites (N-methyl/N-ethyl adjacent to an activating group) is 1. The van der Waals surface area contributed by atoms with E-state index in [1.165, 1.54) is 0 Å². The van der Waals surface area contributed by atoms with E-state index in [0.29, 0.717) is 18.1 Å². The summed E-state index contributed by atoms with van der Waals surface area (Å²) in [7, 11) is 1.83. The summed E-state index contributed by atoms with van der Waals surface area (Å²) in [5.41, 5.74) is 1.09. The van der Waals surface area contributed by atoms with Crippen molar-refractivity contribution in [2.24, 2.45) is 0 Å². The molecule has 1 saturated heterocycles. The SMILES string of the molecule is CN(C(=O)COc1ccccc1OCc1ccccc1)C1CCNC1. The second kappa shape index (κ2) is 8.53. The highest BCUT2D eigenvalue weighted by Gasteiger charge is 2.23. The first kappa shape index (κ1) is 17.3. The van der Waals surface area contributed by atoms with Gasteiger partial charge in [0.2, 0.25) is 0 Å². The summed E-state index contributed by atoms with van der Waals surface area (Å²) >= 11 is 0. The van der Waals surface area contributed by atoms with E-state index in [1.807, 2.05) is 61.6 Å². The van der Waals surface area contributed by atoms with Gasteiger partial charge in [0.05, 0.1) is 0 Å². The minimum Gasteiger partial charge on any atom is -0.485 e. The van der Waals surface area contributed by atoms with Gasteiger partial charge in [-0.1, -0.05) is 42.5 Å². The number of nitrogens with zero attached hydrogens (tertiary/aromatic N) is 1. The average molecular weight is 340 g/mol. The van der Waals surface area contributed by atoms with Crippen molar-refractivity contribution in [2.45, 2.75) is 19.1 Å². The predicted octanol–water partition coefficient (Wildman–Crippen LogP) is 2.46. The lowest BCUT2D eigenvalue weighted by Gasteiger charge is -2.24. The van der Waals surface area contributed by atoms with Crippen LogP contribution in [0, 0.1) is 0 Å². The van der Waals surface area contributed by atoms with E-state index in [-0.39, 0.29) is 18.6 Å². The zero-order valence-electron chi connectivity index (χ0n) is 14.5. The maximum Gasteiger partial charge on any atom is 0.260 e. The van der Waals surface area contributed by atoms with Crippen molar-refractivity contribution in [3.8, 4) is 11.5 Å². The van der Waals surface area contributed by atoms with Gasteiger partial charge < -0.3 is 19.7 Å². The molecule has 0 aliphatic carbocycles. The quantitative estimate of drug-likeness (QED) is 0.841. The van der Waals surface area contributed by atoms with E-state index in [0.717, 1.165) is 25.1 Å². The molecule has 1 amide bonds. The van der Waals surface area contributed by atoms with Gasteiger partial charge in [-0.3, -0.25) is 4.79 Å². The zero-order chi connectivity index (χ0) is 17.5. The number of para-hydroxylation sites is 2. The Hall–Kier alpha value is -2.53. The van der Waals surface area contributed by atoms with Crippen LogP contribution in [0.1, 0.15) is 12.0 Å². The third kappa shape index (κ3) is 4.73. The van der Waals surface area contributed by atoms with E-state index in [2.05, 4.69) is 5.32 Å². The molecule has 2 aromatic rings. The van der Waals surface area contributed by atoms with Crippen molar-refractivity contribution in [1.29, 1.82) is 0 Å². The van der Waals surface area contributed by atoms with Gasteiger partial charge in [0, 0.05) is 19.6 Å². The Balaban J connectivity index is 1.56. The summed E-state index contributed by atoms with van der Waals surface area (Å²) in [5, 5.41) is 3.27. The molecule has 1 unspecified atom stereocenters. The second-order valence-corrected chi connectivity index (χ2v) is 6.16. The molecule has 3 rings (SSSR count). The van der Waals surface area contributed by atoms with Crippen LogP contribution in [-0.2, 0) is 11.4 Å². The molecule has 0 bridgehead atoms. The van der Waals surface area contributed by atoms with Crippen molar-refractivity contribution in [3.05, 3.63) is 60.2 Å². The largest absolute Gasteiger partial charge is 0.485 e. The van der Waals surface area contributed by atoms with Crippen LogP contribution in [0.3, 0.4) is 0 Å². The van der Waals surface area contributed by atoms with Gasteiger partial charge in [-0.25, -0.2) is 0 Å². The van der Waals surface area contributed by atoms with Gasteiger partial charge in [0.15, 0.2) is 18.1 Å². The van der Waals surface area contributed by atoms with Crippen molar-refractivity contribution < 1.29 is 14.3 Å². The number of nitrogens with one attached hydrogen (secondary N) is 1. The number of hydrogen-bond donors (Lipinski definition) is 1. The molecule has 5 heteroatoms. The number of rotatable bonds is 7. The Kier molecular flexibility index (Phi) is 5.90. The van der Waals surface area contributed by atoms with Gasteiger partial charge in [-0.2, -0.15) is 0 Å². The lowest BCUT2D eigenvalue weighted by Crippen LogP contribution is -2.40. The smallest absolute Gasteiger partial charge is 0.260 e. The molecule has 0 radical (unpaired) electrons. The zero-order valence-corrected chi connectivity index (χ0v) is 14.5. The highest BCUT2D eigenvalue weighted by Crippen LogP contribution is 2.27. The number of carbonyl (C=O) groups excluding carboxylic acids is 1. The molecule has 132 valence electrons. The summed E-state index contributed by atoms with van der Waals surface area (Å²) in [6.45, 7) is 2.28. The first-order chi connectivity index (χ1) is 12.2. The molecule has 1 aliphatic heterocycles. The molecule has 0 aromatic heterocycles. The average Bonchev–Trinajstić information content (AvgIpc) is 3.20. The minimum absolute atomic E-state index is 0.0126. The maximum atomic E-state index is 12.3. The number of ether oxygens (including phenoxy) is 2. The van der Waals surface area contributed by atoms with Gasteiger partial charge >= 0.3 is 0 Å². The summed E-state index contributed by atoms with van der Waals surface area (Å²) in [4.78, 5) is 14.1. The molecule has 5 nitrogen and oxygen atoms in total. The third-order valence-electron chi connectivity index (χ3n) is 4.41. The lowest BCUT2D eigenvalue weighted by molar-refractivity contribution is -0.133. The monoisotopic (exact) mass is 340 g/mol. The summed E-state index contributed by atoms with van der Waals surface area (Å²) in [6.07, 6.45) is 0.985. The maximum absolute atomic E-state index is 12.3. The molecule has 0 spiro atoms. The molecular formula is C20H24N2O3. The first-order valence-electron chi connectivity index (χ1n) is 8.59. The molecular weight excluding hydrogens is 316 g/mol. The summed E-state index contributed by atoms with van der Waals surface area (Å²) < 4.78 is 11.6. The molecule has 1 aliphatic rings. The van der Waals surface area contributed by atoms with Crippen LogP contribution in [-0.4, -0.2) is 43.6 Å². The minimum atomic E-state index is -0.0217. The second-order valence-electron chi connectivity index (χ2n) is 6.16. The lowest BCUT2D eigenvalue weighted by atomic mass is 10.2. The molecule has 25 heavy (non-hydrogen) atoms. The number of carbonyl (C=O) groups is 1. The number of hydrogen-bond acceptors (Lipinski definition) is 4. The highest BCUT2D eigenvalue weighted by molar-refractivity contribution is 5.78. The Bertz CT molecular complexity index is 684.